The van der Waals surface area contributed by atoms with Crippen molar-refractivity contribution in [3.8, 4) is 5.69 Å². The van der Waals surface area contributed by atoms with Gasteiger partial charge in [0, 0.05) is 0 Å². The first-order valence-electron chi connectivity index (χ1n) is 5.07. The highest BCUT2D eigenvalue weighted by atomic mass is 35.5. The summed E-state index contributed by atoms with van der Waals surface area (Å²) in [7, 11) is 0. The van der Waals surface area contributed by atoms with Crippen LogP contribution in [0.15, 0.2) is 24.3 Å². The Hall–Kier alpha value is -2.09. The van der Waals surface area contributed by atoms with Crippen molar-refractivity contribution >= 4 is 17.6 Å². The number of halogens is 5. The van der Waals surface area contributed by atoms with Crippen LogP contribution in [0.5, 0.6) is 0 Å². The zero-order valence-electron chi connectivity index (χ0n) is 9.45. The lowest BCUT2D eigenvalue weighted by Gasteiger charge is -2.04. The van der Waals surface area contributed by atoms with Gasteiger partial charge in [0.2, 0.25) is 0 Å². The van der Waals surface area contributed by atoms with Crippen molar-refractivity contribution in [3.05, 3.63) is 46.5 Å². The Kier molecular flexibility index (Phi) is 3.43. The number of para-hydroxylation sites is 1. The van der Waals surface area contributed by atoms with E-state index in [-0.39, 0.29) is 5.69 Å². The van der Waals surface area contributed by atoms with Crippen LogP contribution in [0, 0.1) is 5.82 Å². The van der Waals surface area contributed by atoms with E-state index >= 15 is 0 Å². The molecule has 0 bridgehead atoms. The number of benzene rings is 1. The minimum Gasteiger partial charge on any atom is -0.478 e. The van der Waals surface area contributed by atoms with E-state index in [4.69, 9.17) is 16.7 Å². The van der Waals surface area contributed by atoms with Gasteiger partial charge in [-0.3, -0.25) is 0 Å². The molecule has 2 aromatic rings. The molecule has 0 atom stereocenters. The number of carboxylic acids is 1. The van der Waals surface area contributed by atoms with Gasteiger partial charge in [-0.1, -0.05) is 23.7 Å². The lowest BCUT2D eigenvalue weighted by Crippen LogP contribution is -2.12. The average Bonchev–Trinajstić information content (AvgIpc) is 2.67. The Morgan fingerprint density at radius 1 is 1.30 bits per heavy atom. The molecule has 4 nitrogen and oxygen atoms in total. The Labute approximate surface area is 114 Å². The Morgan fingerprint density at radius 2 is 1.90 bits per heavy atom. The van der Waals surface area contributed by atoms with Crippen molar-refractivity contribution in [2.45, 2.75) is 6.18 Å². The highest BCUT2D eigenvalue weighted by Crippen LogP contribution is 2.35. The summed E-state index contributed by atoms with van der Waals surface area (Å²) in [4.78, 5) is 10.9. The highest BCUT2D eigenvalue weighted by molar-refractivity contribution is 6.33. The van der Waals surface area contributed by atoms with E-state index in [0.29, 0.717) is 4.68 Å². The maximum Gasteiger partial charge on any atom is 0.436 e. The van der Waals surface area contributed by atoms with Crippen LogP contribution >= 0.6 is 11.6 Å². The fourth-order valence-corrected chi connectivity index (χ4v) is 1.87. The van der Waals surface area contributed by atoms with E-state index in [2.05, 4.69) is 5.10 Å². The van der Waals surface area contributed by atoms with Crippen LogP contribution in [0.25, 0.3) is 5.69 Å². The van der Waals surface area contributed by atoms with Gasteiger partial charge >= 0.3 is 12.1 Å². The van der Waals surface area contributed by atoms with Gasteiger partial charge < -0.3 is 5.11 Å². The van der Waals surface area contributed by atoms with E-state index in [9.17, 15) is 22.4 Å². The molecule has 2 rings (SSSR count). The molecule has 0 fully saturated rings. The van der Waals surface area contributed by atoms with Crippen LogP contribution in [0.1, 0.15) is 16.1 Å². The number of nitrogens with zero attached hydrogens (tertiary/aromatic N) is 2. The van der Waals surface area contributed by atoms with Gasteiger partial charge in [0.25, 0.3) is 0 Å². The number of carboxylic acid groups (broad SMARTS) is 1. The number of hydrogen-bond acceptors (Lipinski definition) is 2. The number of carbonyl (C=O) groups is 1. The minimum atomic E-state index is -5.02. The molecule has 0 saturated carbocycles. The molecule has 106 valence electrons. The summed E-state index contributed by atoms with van der Waals surface area (Å²) in [5, 5.41) is 11.1. The maximum absolute atomic E-state index is 13.5. The summed E-state index contributed by atoms with van der Waals surface area (Å²) < 4.78 is 52.1. The monoisotopic (exact) mass is 308 g/mol. The number of rotatable bonds is 2. The Morgan fingerprint density at radius 3 is 2.35 bits per heavy atom. The molecule has 0 saturated heterocycles. The molecule has 0 unspecified atom stereocenters. The first-order chi connectivity index (χ1) is 9.23. The molecule has 1 N–H and O–H groups in total. The molecule has 9 heteroatoms. The van der Waals surface area contributed by atoms with Gasteiger partial charge in [-0.15, -0.1) is 0 Å². The molecule has 0 radical (unpaired) electrons. The smallest absolute Gasteiger partial charge is 0.436 e. The second kappa shape index (κ2) is 4.78. The predicted molar refractivity (Wildman–Crippen MR) is 60.5 cm³/mol. The quantitative estimate of drug-likeness (QED) is 0.865. The molecule has 1 aromatic heterocycles. The number of aromatic nitrogens is 2. The van der Waals surface area contributed by atoms with Crippen LogP contribution < -0.4 is 0 Å². The normalized spacial score (nSPS) is 11.7. The molecule has 20 heavy (non-hydrogen) atoms. The lowest BCUT2D eigenvalue weighted by atomic mass is 10.2. The molecule has 0 aliphatic carbocycles. The summed E-state index contributed by atoms with van der Waals surface area (Å²) in [6.45, 7) is 0. The number of alkyl halides is 3. The van der Waals surface area contributed by atoms with Crippen molar-refractivity contribution in [2.24, 2.45) is 0 Å². The van der Waals surface area contributed by atoms with E-state index in [0.717, 1.165) is 12.1 Å². The summed E-state index contributed by atoms with van der Waals surface area (Å²) in [5.74, 6) is -2.78. The van der Waals surface area contributed by atoms with Crippen molar-refractivity contribution in [3.63, 3.8) is 0 Å². The average molecular weight is 309 g/mol. The summed E-state index contributed by atoms with van der Waals surface area (Å²) in [6.07, 6.45) is -5.02. The van der Waals surface area contributed by atoms with Crippen LogP contribution in [-0.4, -0.2) is 20.9 Å². The van der Waals surface area contributed by atoms with Gasteiger partial charge in [0.05, 0.1) is 0 Å². The molecule has 0 aliphatic heterocycles. The van der Waals surface area contributed by atoms with E-state index < -0.39 is 34.4 Å². The fourth-order valence-electron chi connectivity index (χ4n) is 1.57. The zero-order chi connectivity index (χ0) is 15.1. The van der Waals surface area contributed by atoms with E-state index in [1.165, 1.54) is 12.1 Å². The largest absolute Gasteiger partial charge is 0.478 e. The molecule has 0 aliphatic rings. The third kappa shape index (κ3) is 2.34. The first-order valence-corrected chi connectivity index (χ1v) is 5.45. The summed E-state index contributed by atoms with van der Waals surface area (Å²) in [5.41, 5.74) is -3.28. The van der Waals surface area contributed by atoms with Gasteiger partial charge in [-0.05, 0) is 12.1 Å². The highest BCUT2D eigenvalue weighted by Gasteiger charge is 2.41. The molecule has 0 amide bonds. The van der Waals surface area contributed by atoms with Crippen LogP contribution in [0.2, 0.25) is 5.15 Å². The molecule has 0 spiro atoms. The maximum atomic E-state index is 13.5. The van der Waals surface area contributed by atoms with Crippen molar-refractivity contribution in [1.29, 1.82) is 0 Å². The number of hydrogen-bond donors (Lipinski definition) is 1. The molecular formula is C11H5ClF4N2O2. The second-order valence-electron chi connectivity index (χ2n) is 3.68. The summed E-state index contributed by atoms with van der Waals surface area (Å²) in [6, 6.07) is 4.78. The molecule has 1 heterocycles. The van der Waals surface area contributed by atoms with E-state index in [1.54, 1.807) is 0 Å². The zero-order valence-corrected chi connectivity index (χ0v) is 10.2. The van der Waals surface area contributed by atoms with Crippen LogP contribution in [-0.2, 0) is 6.18 Å². The SMILES string of the molecule is O=C(O)c1c(C(F)(F)F)nn(-c2ccccc2F)c1Cl. The van der Waals surface area contributed by atoms with E-state index in [1.807, 2.05) is 0 Å². The third-order valence-corrected chi connectivity index (χ3v) is 2.74. The fraction of sp³-hybridized carbons (Fsp3) is 0.0909. The van der Waals surface area contributed by atoms with Crippen molar-refractivity contribution < 1.29 is 27.5 Å². The molecule has 1 aromatic carbocycles. The van der Waals surface area contributed by atoms with Crippen molar-refractivity contribution in [2.75, 3.05) is 0 Å². The minimum absolute atomic E-state index is 0.379. The van der Waals surface area contributed by atoms with Crippen molar-refractivity contribution in [1.82, 2.24) is 9.78 Å². The van der Waals surface area contributed by atoms with Gasteiger partial charge in [-0.2, -0.15) is 18.3 Å². The Balaban J connectivity index is 2.75. The van der Waals surface area contributed by atoms with Gasteiger partial charge in [-0.25, -0.2) is 13.9 Å². The first kappa shape index (κ1) is 14.3. The van der Waals surface area contributed by atoms with Crippen LogP contribution in [0.3, 0.4) is 0 Å². The second-order valence-corrected chi connectivity index (χ2v) is 4.04. The van der Waals surface area contributed by atoms with Gasteiger partial charge in [0.15, 0.2) is 5.69 Å². The third-order valence-electron chi connectivity index (χ3n) is 2.39. The predicted octanol–water partition coefficient (Wildman–Crippen LogP) is 3.38. The lowest BCUT2D eigenvalue weighted by molar-refractivity contribution is -0.141. The molecular weight excluding hydrogens is 304 g/mol. The summed E-state index contributed by atoms with van der Waals surface area (Å²) >= 11 is 5.59. The van der Waals surface area contributed by atoms with Crippen LogP contribution in [0.4, 0.5) is 17.6 Å². The Bertz CT molecular complexity index is 682. The number of aromatic carboxylic acids is 1. The standard InChI is InChI=1S/C11H5ClF4N2O2/c12-9-7(10(19)20)8(11(14,15)16)17-18(9)6-4-2-1-3-5(6)13/h1-4H,(H,19,20). The topological polar surface area (TPSA) is 55.1 Å². The van der Waals surface area contributed by atoms with Gasteiger partial charge in [0.1, 0.15) is 22.2 Å².